The molecule has 0 saturated heterocycles. The lowest BCUT2D eigenvalue weighted by Gasteiger charge is -2.10. The predicted octanol–water partition coefficient (Wildman–Crippen LogP) is 2.06. The normalized spacial score (nSPS) is 12.9. The van der Waals surface area contributed by atoms with Crippen LogP contribution in [0.4, 0.5) is 0 Å². The van der Waals surface area contributed by atoms with Crippen molar-refractivity contribution in [2.75, 3.05) is 0 Å². The van der Waals surface area contributed by atoms with Crippen LogP contribution in [0, 0.1) is 0 Å². The van der Waals surface area contributed by atoms with E-state index in [9.17, 15) is 0 Å². The maximum absolute atomic E-state index is 4.29. The van der Waals surface area contributed by atoms with Gasteiger partial charge in [-0.1, -0.05) is 13.3 Å². The third-order valence-corrected chi connectivity index (χ3v) is 2.32. The second-order valence-electron chi connectivity index (χ2n) is 3.33. The molecule has 0 saturated carbocycles. The van der Waals surface area contributed by atoms with Crippen LogP contribution in [0.2, 0.25) is 0 Å². The molecule has 2 aromatic rings. The molecule has 0 aromatic carbocycles. The minimum Gasteiger partial charge on any atom is -0.348 e. The second-order valence-corrected chi connectivity index (χ2v) is 3.33. The summed E-state index contributed by atoms with van der Waals surface area (Å²) in [6.45, 7) is 2.17. The van der Waals surface area contributed by atoms with E-state index in [0.717, 1.165) is 24.4 Å². The van der Waals surface area contributed by atoms with Crippen molar-refractivity contribution in [3.05, 3.63) is 36.2 Å². The molecule has 0 bridgehead atoms. The molecule has 0 aliphatic heterocycles. The highest BCUT2D eigenvalue weighted by Crippen LogP contribution is 2.24. The van der Waals surface area contributed by atoms with Crippen molar-refractivity contribution in [2.24, 2.45) is 0 Å². The Morgan fingerprint density at radius 3 is 2.93 bits per heavy atom. The second kappa shape index (κ2) is 4.09. The minimum atomic E-state index is 0.317. The molecule has 2 N–H and O–H groups in total. The third kappa shape index (κ3) is 1.69. The lowest BCUT2D eigenvalue weighted by atomic mass is 9.99. The van der Waals surface area contributed by atoms with Gasteiger partial charge in [0.2, 0.25) is 0 Å². The Kier molecular flexibility index (Phi) is 2.62. The van der Waals surface area contributed by atoms with E-state index in [1.165, 1.54) is 0 Å². The number of nitrogens with zero attached hydrogens (tertiary/aromatic N) is 2. The van der Waals surface area contributed by atoms with Gasteiger partial charge in [-0.15, -0.1) is 0 Å². The van der Waals surface area contributed by atoms with Crippen LogP contribution in [0.25, 0.3) is 0 Å². The number of aromatic nitrogens is 4. The summed E-state index contributed by atoms with van der Waals surface area (Å²) in [6.07, 6.45) is 7.63. The molecule has 74 valence electrons. The van der Waals surface area contributed by atoms with Crippen LogP contribution in [0.5, 0.6) is 0 Å². The number of hydrogen-bond acceptors (Lipinski definition) is 2. The number of nitrogens with one attached hydrogen (secondary N) is 2. The number of aromatic amines is 2. The molecule has 0 spiro atoms. The van der Waals surface area contributed by atoms with E-state index in [1.807, 2.05) is 12.3 Å². The first kappa shape index (κ1) is 8.99. The highest BCUT2D eigenvalue weighted by atomic mass is 15.1. The molecule has 0 amide bonds. The Balaban J connectivity index is 2.25. The number of hydrogen-bond donors (Lipinski definition) is 2. The third-order valence-electron chi connectivity index (χ3n) is 2.32. The summed E-state index contributed by atoms with van der Waals surface area (Å²) in [5.74, 6) is 1.33. The van der Waals surface area contributed by atoms with Gasteiger partial charge in [0.1, 0.15) is 5.82 Å². The van der Waals surface area contributed by atoms with Gasteiger partial charge >= 0.3 is 0 Å². The van der Waals surface area contributed by atoms with E-state index in [-0.39, 0.29) is 0 Å². The zero-order valence-electron chi connectivity index (χ0n) is 8.20. The molecular weight excluding hydrogens is 176 g/mol. The lowest BCUT2D eigenvalue weighted by Crippen LogP contribution is -2.03. The topological polar surface area (TPSA) is 57.4 Å². The van der Waals surface area contributed by atoms with Crippen LogP contribution in [0.3, 0.4) is 0 Å². The van der Waals surface area contributed by atoms with Crippen molar-refractivity contribution < 1.29 is 0 Å². The van der Waals surface area contributed by atoms with Crippen molar-refractivity contribution in [3.8, 4) is 0 Å². The summed E-state index contributed by atoms with van der Waals surface area (Å²) in [4.78, 5) is 7.44. The molecule has 14 heavy (non-hydrogen) atoms. The fourth-order valence-corrected chi connectivity index (χ4v) is 1.66. The van der Waals surface area contributed by atoms with Gasteiger partial charge in [-0.2, -0.15) is 5.10 Å². The number of imidazole rings is 1. The summed E-state index contributed by atoms with van der Waals surface area (Å²) < 4.78 is 0. The highest BCUT2D eigenvalue weighted by Gasteiger charge is 2.16. The average molecular weight is 190 g/mol. The van der Waals surface area contributed by atoms with Crippen LogP contribution in [0.1, 0.15) is 37.2 Å². The predicted molar refractivity (Wildman–Crippen MR) is 53.9 cm³/mol. The number of rotatable bonds is 4. The molecule has 2 heterocycles. The van der Waals surface area contributed by atoms with Gasteiger partial charge in [0.05, 0.1) is 5.92 Å². The largest absolute Gasteiger partial charge is 0.348 e. The van der Waals surface area contributed by atoms with E-state index < -0.39 is 0 Å². The molecule has 0 aliphatic rings. The SMILES string of the molecule is CCCC(c1ccn[nH]1)c1ncc[nH]1. The maximum Gasteiger partial charge on any atom is 0.115 e. The van der Waals surface area contributed by atoms with Gasteiger partial charge in [-0.3, -0.25) is 5.10 Å². The minimum absolute atomic E-state index is 0.317. The van der Waals surface area contributed by atoms with E-state index in [0.29, 0.717) is 5.92 Å². The summed E-state index contributed by atoms with van der Waals surface area (Å²) in [5.41, 5.74) is 1.13. The molecule has 0 radical (unpaired) electrons. The Hall–Kier alpha value is -1.58. The Morgan fingerprint density at radius 2 is 2.36 bits per heavy atom. The molecule has 1 unspecified atom stereocenters. The monoisotopic (exact) mass is 190 g/mol. The quantitative estimate of drug-likeness (QED) is 0.775. The fraction of sp³-hybridized carbons (Fsp3) is 0.400. The van der Waals surface area contributed by atoms with Gasteiger partial charge < -0.3 is 4.98 Å². The van der Waals surface area contributed by atoms with Gasteiger partial charge in [0.15, 0.2) is 0 Å². The van der Waals surface area contributed by atoms with E-state index in [2.05, 4.69) is 27.1 Å². The van der Waals surface area contributed by atoms with Crippen molar-refractivity contribution in [1.29, 1.82) is 0 Å². The Bertz CT molecular complexity index is 315. The van der Waals surface area contributed by atoms with Crippen LogP contribution in [-0.4, -0.2) is 20.2 Å². The van der Waals surface area contributed by atoms with Gasteiger partial charge in [0, 0.05) is 24.3 Å². The fourth-order valence-electron chi connectivity index (χ4n) is 1.66. The van der Waals surface area contributed by atoms with Crippen molar-refractivity contribution in [3.63, 3.8) is 0 Å². The van der Waals surface area contributed by atoms with Crippen LogP contribution in [-0.2, 0) is 0 Å². The zero-order chi connectivity index (χ0) is 9.80. The first-order chi connectivity index (χ1) is 6.92. The first-order valence-corrected chi connectivity index (χ1v) is 4.90. The summed E-state index contributed by atoms with van der Waals surface area (Å²) in [5, 5.41) is 6.97. The summed E-state index contributed by atoms with van der Waals surface area (Å²) in [6, 6.07) is 2.00. The smallest absolute Gasteiger partial charge is 0.115 e. The molecule has 4 nitrogen and oxygen atoms in total. The molecule has 0 fully saturated rings. The van der Waals surface area contributed by atoms with Crippen molar-refractivity contribution in [2.45, 2.75) is 25.7 Å². The first-order valence-electron chi connectivity index (χ1n) is 4.90. The van der Waals surface area contributed by atoms with Gasteiger partial charge in [0.25, 0.3) is 0 Å². The van der Waals surface area contributed by atoms with Gasteiger partial charge in [-0.05, 0) is 12.5 Å². The van der Waals surface area contributed by atoms with E-state index in [4.69, 9.17) is 0 Å². The molecule has 2 aromatic heterocycles. The Labute approximate surface area is 82.8 Å². The van der Waals surface area contributed by atoms with Crippen LogP contribution < -0.4 is 0 Å². The van der Waals surface area contributed by atoms with Crippen LogP contribution >= 0.6 is 0 Å². The molecule has 4 heteroatoms. The van der Waals surface area contributed by atoms with Crippen molar-refractivity contribution >= 4 is 0 Å². The number of H-pyrrole nitrogens is 2. The van der Waals surface area contributed by atoms with Gasteiger partial charge in [-0.25, -0.2) is 4.98 Å². The summed E-state index contributed by atoms with van der Waals surface area (Å²) in [7, 11) is 0. The molecule has 1 atom stereocenters. The lowest BCUT2D eigenvalue weighted by molar-refractivity contribution is 0.648. The Morgan fingerprint density at radius 1 is 1.43 bits per heavy atom. The maximum atomic E-state index is 4.29. The molecule has 0 aliphatic carbocycles. The zero-order valence-corrected chi connectivity index (χ0v) is 8.20. The average Bonchev–Trinajstić information content (AvgIpc) is 2.87. The van der Waals surface area contributed by atoms with E-state index in [1.54, 1.807) is 12.4 Å². The van der Waals surface area contributed by atoms with Crippen LogP contribution in [0.15, 0.2) is 24.7 Å². The molecule has 2 rings (SSSR count). The standard InChI is InChI=1S/C10H14N4/c1-2-3-8(9-4-5-13-14-9)10-11-6-7-12-10/h4-8H,2-3H2,1H3,(H,11,12)(H,13,14). The molecular formula is C10H14N4. The highest BCUT2D eigenvalue weighted by molar-refractivity contribution is 5.15. The van der Waals surface area contributed by atoms with E-state index >= 15 is 0 Å². The van der Waals surface area contributed by atoms with Crippen molar-refractivity contribution in [1.82, 2.24) is 20.2 Å². The summed E-state index contributed by atoms with van der Waals surface area (Å²) >= 11 is 0.